The van der Waals surface area contributed by atoms with E-state index >= 15 is 0 Å². The summed E-state index contributed by atoms with van der Waals surface area (Å²) < 4.78 is 5.52. The fraction of sp³-hybridized carbons (Fsp3) is 0.800. The van der Waals surface area contributed by atoms with E-state index in [2.05, 4.69) is 24.0 Å². The van der Waals surface area contributed by atoms with Crippen LogP contribution in [0.5, 0.6) is 0 Å². The van der Waals surface area contributed by atoms with Gasteiger partial charge in [-0.1, -0.05) is 13.8 Å². The molecule has 1 aromatic heterocycles. The van der Waals surface area contributed by atoms with Gasteiger partial charge in [0.2, 0.25) is 11.8 Å². The molecule has 0 saturated heterocycles. The molecule has 2 rings (SSSR count). The molecule has 0 unspecified atom stereocenters. The molecule has 1 saturated carbocycles. The van der Waals surface area contributed by atoms with E-state index in [0.29, 0.717) is 17.9 Å². The Bertz CT molecular complexity index is 302. The second-order valence-electron chi connectivity index (χ2n) is 4.49. The van der Waals surface area contributed by atoms with Crippen molar-refractivity contribution in [2.24, 2.45) is 11.7 Å². The molecule has 0 radical (unpaired) electrons. The summed E-state index contributed by atoms with van der Waals surface area (Å²) in [5, 5.41) is 8.03. The van der Waals surface area contributed by atoms with E-state index < -0.39 is 0 Å². The molecule has 0 atom stereocenters. The molecule has 2 N–H and O–H groups in total. The summed E-state index contributed by atoms with van der Waals surface area (Å²) in [5.74, 6) is 2.49. The van der Waals surface area contributed by atoms with Crippen LogP contribution < -0.4 is 5.73 Å². The molecule has 0 bridgehead atoms. The number of nitrogens with two attached hydrogens (primary N) is 1. The smallest absolute Gasteiger partial charge is 0.219 e. The summed E-state index contributed by atoms with van der Waals surface area (Å²) in [5.41, 5.74) is 5.71. The van der Waals surface area contributed by atoms with Crippen LogP contribution in [0.4, 0.5) is 0 Å². The molecule has 14 heavy (non-hydrogen) atoms. The zero-order chi connectivity index (χ0) is 10.1. The normalized spacial score (nSPS) is 26.6. The molecule has 0 aromatic carbocycles. The predicted molar refractivity (Wildman–Crippen MR) is 52.8 cm³/mol. The van der Waals surface area contributed by atoms with Gasteiger partial charge >= 0.3 is 0 Å². The van der Waals surface area contributed by atoms with E-state index in [1.54, 1.807) is 0 Å². The van der Waals surface area contributed by atoms with Crippen molar-refractivity contribution in [2.75, 3.05) is 0 Å². The molecule has 1 aliphatic rings. The highest BCUT2D eigenvalue weighted by Crippen LogP contribution is 2.28. The van der Waals surface area contributed by atoms with Crippen molar-refractivity contribution in [3.05, 3.63) is 11.8 Å². The Kier molecular flexibility index (Phi) is 2.54. The number of hydrogen-bond donors (Lipinski definition) is 1. The minimum atomic E-state index is 0.319. The molecule has 0 amide bonds. The van der Waals surface area contributed by atoms with Crippen molar-refractivity contribution in [2.45, 2.75) is 45.1 Å². The fourth-order valence-electron chi connectivity index (χ4n) is 1.78. The van der Waals surface area contributed by atoms with Gasteiger partial charge in [-0.05, 0) is 18.8 Å². The third-order valence-electron chi connectivity index (χ3n) is 2.71. The fourth-order valence-corrected chi connectivity index (χ4v) is 1.78. The number of hydrogen-bond acceptors (Lipinski definition) is 4. The Morgan fingerprint density at radius 3 is 2.64 bits per heavy atom. The van der Waals surface area contributed by atoms with Gasteiger partial charge in [0.1, 0.15) is 0 Å². The van der Waals surface area contributed by atoms with Crippen LogP contribution in [-0.2, 0) is 6.42 Å². The molecule has 1 aromatic rings. The molecule has 4 heteroatoms. The van der Waals surface area contributed by atoms with Crippen LogP contribution in [0.25, 0.3) is 0 Å². The highest BCUT2D eigenvalue weighted by Gasteiger charge is 2.27. The average Bonchev–Trinajstić information content (AvgIpc) is 2.50. The van der Waals surface area contributed by atoms with E-state index in [1.807, 2.05) is 0 Å². The monoisotopic (exact) mass is 195 g/mol. The SMILES string of the molecule is CC(C)c1nnc(CC2CC(N)C2)o1. The van der Waals surface area contributed by atoms with Gasteiger partial charge in [0.05, 0.1) is 0 Å². The van der Waals surface area contributed by atoms with E-state index in [0.717, 1.165) is 31.0 Å². The number of rotatable bonds is 3. The maximum Gasteiger partial charge on any atom is 0.219 e. The molecule has 78 valence electrons. The van der Waals surface area contributed by atoms with Gasteiger partial charge in [-0.15, -0.1) is 10.2 Å². The molecule has 0 aliphatic heterocycles. The lowest BCUT2D eigenvalue weighted by atomic mass is 9.79. The van der Waals surface area contributed by atoms with Crippen molar-refractivity contribution >= 4 is 0 Å². The van der Waals surface area contributed by atoms with E-state index in [1.165, 1.54) is 0 Å². The summed E-state index contributed by atoms with van der Waals surface area (Å²) in [7, 11) is 0. The molecule has 0 spiro atoms. The second kappa shape index (κ2) is 3.69. The second-order valence-corrected chi connectivity index (χ2v) is 4.49. The van der Waals surface area contributed by atoms with Crippen molar-refractivity contribution in [3.8, 4) is 0 Å². The minimum absolute atomic E-state index is 0.319. The van der Waals surface area contributed by atoms with E-state index in [9.17, 15) is 0 Å². The molecule has 1 fully saturated rings. The molecular formula is C10H17N3O. The molecule has 1 heterocycles. The number of nitrogens with zero attached hydrogens (tertiary/aromatic N) is 2. The van der Waals surface area contributed by atoms with Crippen LogP contribution in [0.2, 0.25) is 0 Å². The van der Waals surface area contributed by atoms with Crippen molar-refractivity contribution in [3.63, 3.8) is 0 Å². The summed E-state index contributed by atoms with van der Waals surface area (Å²) in [6, 6.07) is 0.396. The lowest BCUT2D eigenvalue weighted by Crippen LogP contribution is -2.37. The molecule has 1 aliphatic carbocycles. The topological polar surface area (TPSA) is 64.9 Å². The summed E-state index contributed by atoms with van der Waals surface area (Å²) in [4.78, 5) is 0. The first-order valence-electron chi connectivity index (χ1n) is 5.23. The van der Waals surface area contributed by atoms with Crippen LogP contribution in [0.3, 0.4) is 0 Å². The first-order chi connectivity index (χ1) is 6.65. The Morgan fingerprint density at radius 2 is 2.14 bits per heavy atom. The van der Waals surface area contributed by atoms with Gasteiger partial charge in [-0.2, -0.15) is 0 Å². The maximum atomic E-state index is 5.71. The standard InChI is InChI=1S/C10H17N3O/c1-6(2)10-13-12-9(14-10)5-7-3-8(11)4-7/h6-8H,3-5,11H2,1-2H3. The van der Waals surface area contributed by atoms with Crippen LogP contribution in [0.15, 0.2) is 4.42 Å². The lowest BCUT2D eigenvalue weighted by Gasteiger charge is -2.31. The Hall–Kier alpha value is -0.900. The largest absolute Gasteiger partial charge is 0.425 e. The van der Waals surface area contributed by atoms with Gasteiger partial charge in [0.15, 0.2) is 0 Å². The average molecular weight is 195 g/mol. The number of aromatic nitrogens is 2. The van der Waals surface area contributed by atoms with Gasteiger partial charge in [0.25, 0.3) is 0 Å². The maximum absolute atomic E-state index is 5.71. The van der Waals surface area contributed by atoms with Crippen LogP contribution in [-0.4, -0.2) is 16.2 Å². The van der Waals surface area contributed by atoms with Crippen molar-refractivity contribution < 1.29 is 4.42 Å². The highest BCUT2D eigenvalue weighted by atomic mass is 16.4. The van der Waals surface area contributed by atoms with Gasteiger partial charge < -0.3 is 10.2 Å². The first kappa shape index (κ1) is 9.65. The predicted octanol–water partition coefficient (Wildman–Crippen LogP) is 1.47. The van der Waals surface area contributed by atoms with E-state index in [-0.39, 0.29) is 0 Å². The highest BCUT2D eigenvalue weighted by molar-refractivity contribution is 4.92. The summed E-state index contributed by atoms with van der Waals surface area (Å²) in [6.07, 6.45) is 3.09. The zero-order valence-electron chi connectivity index (χ0n) is 8.73. The van der Waals surface area contributed by atoms with Crippen molar-refractivity contribution in [1.29, 1.82) is 0 Å². The van der Waals surface area contributed by atoms with Crippen molar-refractivity contribution in [1.82, 2.24) is 10.2 Å². The Labute approximate surface area is 83.9 Å². The van der Waals surface area contributed by atoms with Crippen LogP contribution in [0, 0.1) is 5.92 Å². The zero-order valence-corrected chi connectivity index (χ0v) is 8.73. The van der Waals surface area contributed by atoms with Crippen LogP contribution >= 0.6 is 0 Å². The quantitative estimate of drug-likeness (QED) is 0.793. The molecule has 4 nitrogen and oxygen atoms in total. The Morgan fingerprint density at radius 1 is 1.43 bits per heavy atom. The molecular weight excluding hydrogens is 178 g/mol. The van der Waals surface area contributed by atoms with Crippen LogP contribution in [0.1, 0.15) is 44.4 Å². The lowest BCUT2D eigenvalue weighted by molar-refractivity contribution is 0.245. The first-order valence-corrected chi connectivity index (χ1v) is 5.23. The summed E-state index contributed by atoms with van der Waals surface area (Å²) in [6.45, 7) is 4.10. The van der Waals surface area contributed by atoms with Gasteiger partial charge in [-0.25, -0.2) is 0 Å². The minimum Gasteiger partial charge on any atom is -0.425 e. The van der Waals surface area contributed by atoms with Gasteiger partial charge in [-0.3, -0.25) is 0 Å². The van der Waals surface area contributed by atoms with Gasteiger partial charge in [0, 0.05) is 18.4 Å². The van der Waals surface area contributed by atoms with E-state index in [4.69, 9.17) is 10.2 Å². The third-order valence-corrected chi connectivity index (χ3v) is 2.71. The summed E-state index contributed by atoms with van der Waals surface area (Å²) >= 11 is 0. The third kappa shape index (κ3) is 1.95. The Balaban J connectivity index is 1.90.